The Morgan fingerprint density at radius 1 is 1.26 bits per heavy atom. The molecule has 124 valence electrons. The Labute approximate surface area is 142 Å². The van der Waals surface area contributed by atoms with Crippen molar-refractivity contribution in [1.29, 1.82) is 0 Å². The summed E-state index contributed by atoms with van der Waals surface area (Å²) >= 11 is 11.9. The largest absolute Gasteiger partial charge is 0.427 e. The molecule has 1 unspecified atom stereocenters. The molecule has 0 spiro atoms. The number of esters is 1. The zero-order chi connectivity index (χ0) is 17.4. The van der Waals surface area contributed by atoms with Crippen LogP contribution in [0.15, 0.2) is 23.1 Å². The third kappa shape index (κ3) is 3.57. The second-order valence-electron chi connectivity index (χ2n) is 5.09. The number of hydrogen-bond donors (Lipinski definition) is 0. The highest BCUT2D eigenvalue weighted by molar-refractivity contribution is 7.90. The van der Waals surface area contributed by atoms with Gasteiger partial charge in [0.05, 0.1) is 9.92 Å². The van der Waals surface area contributed by atoms with E-state index in [2.05, 4.69) is 0 Å². The van der Waals surface area contributed by atoms with Crippen LogP contribution in [-0.2, 0) is 24.2 Å². The Bertz CT molecular complexity index is 801. The minimum Gasteiger partial charge on any atom is -0.427 e. The van der Waals surface area contributed by atoms with E-state index < -0.39 is 32.4 Å². The first kappa shape index (κ1) is 17.9. The second-order valence-corrected chi connectivity index (χ2v) is 8.04. The molecule has 2 rings (SSSR count). The van der Waals surface area contributed by atoms with Crippen molar-refractivity contribution in [3.05, 3.63) is 28.8 Å². The quantitative estimate of drug-likeness (QED) is 0.346. The van der Waals surface area contributed by atoms with Crippen LogP contribution in [0.3, 0.4) is 0 Å². The maximum absolute atomic E-state index is 12.5. The highest BCUT2D eigenvalue weighted by Crippen LogP contribution is 2.33. The highest BCUT2D eigenvalue weighted by Gasteiger charge is 2.49. The summed E-state index contributed by atoms with van der Waals surface area (Å²) in [6, 6.07) is 3.38. The lowest BCUT2D eigenvalue weighted by molar-refractivity contribution is -0.153. The third-order valence-electron chi connectivity index (χ3n) is 3.30. The van der Waals surface area contributed by atoms with Crippen molar-refractivity contribution >= 4 is 50.6 Å². The van der Waals surface area contributed by atoms with Gasteiger partial charge in [-0.25, -0.2) is 8.42 Å². The monoisotopic (exact) mass is 378 g/mol. The van der Waals surface area contributed by atoms with Crippen molar-refractivity contribution in [3.8, 4) is 0 Å². The summed E-state index contributed by atoms with van der Waals surface area (Å²) in [6.07, 6.45) is 1.12. The van der Waals surface area contributed by atoms with Crippen LogP contribution < -0.4 is 0 Å². The summed E-state index contributed by atoms with van der Waals surface area (Å²) in [7, 11) is -3.51. The first-order chi connectivity index (χ1) is 10.6. The standard InChI is InChI=1S/C14H12Cl2O6S/c1-23(20,21)8-5-6-9(10(15)7-8)13(19)14(16)11(17)3-2-4-12(18)22-14/h5-7H,2-4H2,1H3. The first-order valence-corrected chi connectivity index (χ1v) is 9.19. The molecule has 6 nitrogen and oxygen atoms in total. The molecule has 0 amide bonds. The van der Waals surface area contributed by atoms with Crippen molar-refractivity contribution < 1.29 is 27.5 Å². The van der Waals surface area contributed by atoms with Crippen LogP contribution in [0.1, 0.15) is 29.6 Å². The maximum atomic E-state index is 12.5. The Morgan fingerprint density at radius 2 is 1.91 bits per heavy atom. The molecule has 23 heavy (non-hydrogen) atoms. The number of benzene rings is 1. The van der Waals surface area contributed by atoms with Crippen LogP contribution in [-0.4, -0.2) is 37.3 Å². The molecule has 0 saturated carbocycles. The van der Waals surface area contributed by atoms with E-state index in [-0.39, 0.29) is 34.7 Å². The van der Waals surface area contributed by atoms with Crippen LogP contribution in [0.2, 0.25) is 5.02 Å². The van der Waals surface area contributed by atoms with Crippen molar-refractivity contribution in [3.63, 3.8) is 0 Å². The number of rotatable bonds is 3. The van der Waals surface area contributed by atoms with E-state index in [0.717, 1.165) is 24.5 Å². The Balaban J connectivity index is 2.47. The number of carbonyl (C=O) groups excluding carboxylic acids is 3. The summed E-state index contributed by atoms with van der Waals surface area (Å²) in [5.74, 6) is -2.49. The van der Waals surface area contributed by atoms with Gasteiger partial charge in [0.15, 0.2) is 15.6 Å². The molecule has 0 aliphatic carbocycles. The normalized spacial score (nSPS) is 22.4. The molecule has 1 aromatic rings. The lowest BCUT2D eigenvalue weighted by Gasteiger charge is -2.22. The number of carbonyl (C=O) groups is 3. The molecule has 9 heteroatoms. The number of ketones is 2. The van der Waals surface area contributed by atoms with Crippen molar-refractivity contribution in [2.45, 2.75) is 29.2 Å². The van der Waals surface area contributed by atoms with E-state index >= 15 is 0 Å². The fourth-order valence-electron chi connectivity index (χ4n) is 2.08. The van der Waals surface area contributed by atoms with Crippen LogP contribution in [0.25, 0.3) is 0 Å². The SMILES string of the molecule is CS(=O)(=O)c1ccc(C(=O)C2(Cl)OC(=O)CCCC2=O)c(Cl)c1. The number of hydrogen-bond acceptors (Lipinski definition) is 6. The minimum absolute atomic E-state index is 0.0196. The molecular weight excluding hydrogens is 367 g/mol. The molecule has 1 heterocycles. The molecule has 1 aliphatic heterocycles. The Hall–Kier alpha value is -1.44. The van der Waals surface area contributed by atoms with Crippen LogP contribution in [0.5, 0.6) is 0 Å². The van der Waals surface area contributed by atoms with Crippen molar-refractivity contribution in [1.82, 2.24) is 0 Å². The molecule has 1 atom stereocenters. The topological polar surface area (TPSA) is 94.6 Å². The first-order valence-electron chi connectivity index (χ1n) is 6.54. The van der Waals surface area contributed by atoms with Gasteiger partial charge in [-0.3, -0.25) is 14.4 Å². The van der Waals surface area contributed by atoms with E-state index in [1.807, 2.05) is 0 Å². The maximum Gasteiger partial charge on any atom is 0.308 e. The van der Waals surface area contributed by atoms with E-state index in [1.165, 1.54) is 0 Å². The highest BCUT2D eigenvalue weighted by atomic mass is 35.5. The predicted molar refractivity (Wildman–Crippen MR) is 82.4 cm³/mol. The summed E-state index contributed by atoms with van der Waals surface area (Å²) in [6.45, 7) is 0. The predicted octanol–water partition coefficient (Wildman–Crippen LogP) is 2.16. The molecule has 1 saturated heterocycles. The van der Waals surface area contributed by atoms with E-state index in [9.17, 15) is 22.8 Å². The lowest BCUT2D eigenvalue weighted by Crippen LogP contribution is -2.44. The summed E-state index contributed by atoms with van der Waals surface area (Å²) in [5.41, 5.74) is -0.197. The smallest absolute Gasteiger partial charge is 0.308 e. The molecule has 1 aliphatic rings. The molecule has 0 N–H and O–H groups in total. The number of ether oxygens (including phenoxy) is 1. The average molecular weight is 379 g/mol. The van der Waals surface area contributed by atoms with Gasteiger partial charge in [-0.1, -0.05) is 23.2 Å². The molecule has 0 aromatic heterocycles. The number of alkyl halides is 1. The van der Waals surface area contributed by atoms with Gasteiger partial charge < -0.3 is 4.74 Å². The third-order valence-corrected chi connectivity index (χ3v) is 5.19. The van der Waals surface area contributed by atoms with Gasteiger partial charge in [0, 0.05) is 24.7 Å². The number of sulfone groups is 1. The zero-order valence-corrected chi connectivity index (χ0v) is 14.3. The second kappa shape index (κ2) is 6.22. The van der Waals surface area contributed by atoms with Crippen molar-refractivity contribution in [2.75, 3.05) is 6.26 Å². The van der Waals surface area contributed by atoms with Crippen molar-refractivity contribution in [2.24, 2.45) is 0 Å². The van der Waals surface area contributed by atoms with Gasteiger partial charge in [-0.2, -0.15) is 0 Å². The fraction of sp³-hybridized carbons (Fsp3) is 0.357. The molecule has 0 bridgehead atoms. The Morgan fingerprint density at radius 3 is 2.48 bits per heavy atom. The van der Waals surface area contributed by atoms with Crippen LogP contribution in [0, 0.1) is 0 Å². The van der Waals surface area contributed by atoms with Gasteiger partial charge in [0.1, 0.15) is 0 Å². The van der Waals surface area contributed by atoms with E-state index in [4.69, 9.17) is 27.9 Å². The average Bonchev–Trinajstić information content (AvgIpc) is 2.57. The minimum atomic E-state index is -3.51. The van der Waals surface area contributed by atoms with E-state index in [1.54, 1.807) is 0 Å². The molecule has 1 fully saturated rings. The Kier molecular flexibility index (Phi) is 4.84. The number of Topliss-reactive ketones (excluding diaryl/α,β-unsaturated/α-hetero) is 2. The van der Waals surface area contributed by atoms with Crippen LogP contribution >= 0.6 is 23.2 Å². The lowest BCUT2D eigenvalue weighted by atomic mass is 10.00. The summed E-state index contributed by atoms with van der Waals surface area (Å²) < 4.78 is 27.8. The van der Waals surface area contributed by atoms with E-state index in [0.29, 0.717) is 0 Å². The van der Waals surface area contributed by atoms with Gasteiger partial charge in [-0.05, 0) is 24.6 Å². The fourth-order valence-corrected chi connectivity index (χ4v) is 3.34. The zero-order valence-electron chi connectivity index (χ0n) is 12.0. The summed E-state index contributed by atoms with van der Waals surface area (Å²) in [4.78, 5) is 36.0. The number of cyclic esters (lactones) is 1. The van der Waals surface area contributed by atoms with Gasteiger partial charge in [0.2, 0.25) is 5.78 Å². The van der Waals surface area contributed by atoms with Gasteiger partial charge in [0.25, 0.3) is 0 Å². The number of halogens is 2. The van der Waals surface area contributed by atoms with Crippen LogP contribution in [0.4, 0.5) is 0 Å². The van der Waals surface area contributed by atoms with Gasteiger partial charge >= 0.3 is 11.0 Å². The van der Waals surface area contributed by atoms with Gasteiger partial charge in [-0.15, -0.1) is 0 Å². The molecule has 1 aromatic carbocycles. The molecule has 0 radical (unpaired) electrons. The summed E-state index contributed by atoms with van der Waals surface area (Å²) in [5, 5.41) is -2.67. The molecular formula is C14H12Cl2O6S.